The van der Waals surface area contributed by atoms with Gasteiger partial charge in [0, 0.05) is 13.0 Å². The highest BCUT2D eigenvalue weighted by atomic mass is 32.1. The molecule has 12 N–H and O–H groups in total. The van der Waals surface area contributed by atoms with Crippen LogP contribution in [0.2, 0.25) is 0 Å². The molecule has 1 rings (SSSR count). The molecule has 1 heterocycles. The topological polar surface area (TPSA) is 278 Å². The average Bonchev–Trinajstić information content (AvgIpc) is 3.09. The van der Waals surface area contributed by atoms with Crippen LogP contribution >= 0.6 is 12.6 Å². The van der Waals surface area contributed by atoms with E-state index in [-0.39, 0.29) is 32.1 Å². The van der Waals surface area contributed by atoms with Crippen molar-refractivity contribution in [1.29, 1.82) is 0 Å². The Balaban J connectivity index is 2.96. The van der Waals surface area contributed by atoms with E-state index in [0.29, 0.717) is 38.0 Å². The van der Waals surface area contributed by atoms with Crippen molar-refractivity contribution in [3.8, 4) is 0 Å². The lowest BCUT2D eigenvalue weighted by molar-refractivity contribution is -0.281. The lowest BCUT2D eigenvalue weighted by atomic mass is 9.93. The van der Waals surface area contributed by atoms with Crippen molar-refractivity contribution in [3.05, 3.63) is 0 Å². The molecule has 18 heteroatoms. The number of aliphatic hydroxyl groups excluding tert-OH is 7. The van der Waals surface area contributed by atoms with Gasteiger partial charge in [0.25, 0.3) is 0 Å². The number of hydrogen-bond acceptors (Lipinski definition) is 17. The van der Waals surface area contributed by atoms with E-state index in [2.05, 4.69) is 17.9 Å². The Hall–Kier alpha value is -0.780. The molecule has 1 fully saturated rings. The first-order valence-corrected chi connectivity index (χ1v) is 18.4. The molecule has 51 heavy (non-hydrogen) atoms. The first kappa shape index (κ1) is 48.2. The van der Waals surface area contributed by atoms with Gasteiger partial charge >= 0.3 is 0 Å². The summed E-state index contributed by atoms with van der Waals surface area (Å²) in [5.41, 5.74) is 9.44. The van der Waals surface area contributed by atoms with Crippen LogP contribution in [0.25, 0.3) is 0 Å². The molecule has 0 aliphatic carbocycles. The van der Waals surface area contributed by atoms with Crippen LogP contribution < -0.4 is 16.8 Å². The first-order chi connectivity index (χ1) is 23.9. The van der Waals surface area contributed by atoms with Crippen molar-refractivity contribution >= 4 is 18.5 Å². The molecule has 0 bridgehead atoms. The van der Waals surface area contributed by atoms with Crippen molar-refractivity contribution in [1.82, 2.24) is 5.32 Å². The third-order valence-electron chi connectivity index (χ3n) is 9.47. The normalized spacial score (nSPS) is 27.7. The van der Waals surface area contributed by atoms with Gasteiger partial charge in [0.15, 0.2) is 6.29 Å². The smallest absolute Gasteiger partial charge is 0.220 e. The summed E-state index contributed by atoms with van der Waals surface area (Å²) in [6, 6.07) is -1.06. The van der Waals surface area contributed by atoms with E-state index in [0.717, 1.165) is 0 Å². The quantitative estimate of drug-likeness (QED) is 0.0243. The number of carbonyl (C=O) groups excluding carboxylic acids is 1. The van der Waals surface area contributed by atoms with Gasteiger partial charge in [-0.25, -0.2) is 0 Å². The highest BCUT2D eigenvalue weighted by Gasteiger charge is 2.46. The monoisotopic (exact) mass is 761 g/mol. The highest BCUT2D eigenvalue weighted by Crippen LogP contribution is 2.30. The molecule has 304 valence electrons. The van der Waals surface area contributed by atoms with E-state index in [4.69, 9.17) is 39.9 Å². The lowest BCUT2D eigenvalue weighted by Crippen LogP contribution is -2.63. The SMILES string of the molecule is CCC(C)(OCC1OC(OCCCNC(=O)CCCS)C(N)C(O)C1O)C(CO)OC(COC(C)(CC)C(OC(CO)C(C)O)C(N)O)C(C)O. The number of amides is 1. The van der Waals surface area contributed by atoms with Gasteiger partial charge in [-0.1, -0.05) is 13.8 Å². The van der Waals surface area contributed by atoms with Crippen LogP contribution in [0.5, 0.6) is 0 Å². The zero-order valence-corrected chi connectivity index (χ0v) is 31.9. The Morgan fingerprint density at radius 1 is 0.941 bits per heavy atom. The fourth-order valence-corrected chi connectivity index (χ4v) is 5.55. The van der Waals surface area contributed by atoms with Crippen molar-refractivity contribution in [2.24, 2.45) is 11.5 Å². The lowest BCUT2D eigenvalue weighted by Gasteiger charge is -2.44. The van der Waals surface area contributed by atoms with Gasteiger partial charge in [-0.2, -0.15) is 12.6 Å². The largest absolute Gasteiger partial charge is 0.394 e. The molecule has 1 aliphatic heterocycles. The molecule has 1 amide bonds. The van der Waals surface area contributed by atoms with Crippen LogP contribution in [-0.2, 0) is 33.2 Å². The van der Waals surface area contributed by atoms with E-state index < -0.39 is 97.9 Å². The number of hydrogen-bond donors (Lipinski definition) is 11. The molecule has 0 aromatic heterocycles. The Bertz CT molecular complexity index is 958. The Kier molecular flexibility index (Phi) is 22.6. The van der Waals surface area contributed by atoms with E-state index in [9.17, 15) is 40.5 Å². The van der Waals surface area contributed by atoms with Crippen LogP contribution in [-0.4, -0.2) is 172 Å². The number of nitrogens with one attached hydrogen (secondary N) is 1. The zero-order valence-electron chi connectivity index (χ0n) is 31.0. The second-order valence-electron chi connectivity index (χ2n) is 13.6. The van der Waals surface area contributed by atoms with Gasteiger partial charge < -0.3 is 81.0 Å². The molecule has 1 aliphatic rings. The van der Waals surface area contributed by atoms with Crippen LogP contribution in [0.15, 0.2) is 0 Å². The van der Waals surface area contributed by atoms with Crippen LogP contribution in [0, 0.1) is 0 Å². The second kappa shape index (κ2) is 23.9. The van der Waals surface area contributed by atoms with Gasteiger partial charge in [0.1, 0.15) is 49.0 Å². The molecule has 0 aromatic rings. The van der Waals surface area contributed by atoms with Crippen molar-refractivity contribution in [2.45, 2.75) is 158 Å². The molecule has 0 spiro atoms. The number of rotatable bonds is 27. The van der Waals surface area contributed by atoms with Crippen molar-refractivity contribution < 1.29 is 69.0 Å². The van der Waals surface area contributed by atoms with Gasteiger partial charge in [0.05, 0.1) is 62.5 Å². The molecule has 0 aromatic carbocycles. The maximum Gasteiger partial charge on any atom is 0.220 e. The Morgan fingerprint density at radius 2 is 1.57 bits per heavy atom. The molecular formula is C33H67N3O14S. The average molecular weight is 762 g/mol. The predicted molar refractivity (Wildman–Crippen MR) is 190 cm³/mol. The van der Waals surface area contributed by atoms with Gasteiger partial charge in [-0.05, 0) is 59.1 Å². The number of ether oxygens (including phenoxy) is 6. The minimum atomic E-state index is -1.55. The van der Waals surface area contributed by atoms with E-state index in [1.807, 2.05) is 0 Å². The van der Waals surface area contributed by atoms with Crippen molar-refractivity contribution in [2.75, 3.05) is 45.3 Å². The minimum Gasteiger partial charge on any atom is -0.394 e. The van der Waals surface area contributed by atoms with Crippen LogP contribution in [0.1, 0.15) is 73.6 Å². The summed E-state index contributed by atoms with van der Waals surface area (Å²) in [5.74, 6) is 0.531. The van der Waals surface area contributed by atoms with Crippen molar-refractivity contribution in [3.63, 3.8) is 0 Å². The summed E-state index contributed by atoms with van der Waals surface area (Å²) in [6.07, 6.45) is -10.9. The van der Waals surface area contributed by atoms with Crippen LogP contribution in [0.3, 0.4) is 0 Å². The molecule has 17 nitrogen and oxygen atoms in total. The summed E-state index contributed by atoms with van der Waals surface area (Å²) in [5, 5.41) is 75.3. The molecule has 0 radical (unpaired) electrons. The first-order valence-electron chi connectivity index (χ1n) is 17.8. The summed E-state index contributed by atoms with van der Waals surface area (Å²) in [6.45, 7) is 8.75. The predicted octanol–water partition coefficient (Wildman–Crippen LogP) is -2.11. The standard InChI is InChI=1S/C33H67N3O14S/c1-7-32(5,46-18-23-27(42)28(43)26(34)31(50-23)45-13-10-12-36-25(41)11-9-14-51)24(16-38)48-22(20(4)40)17-47-33(6,8-2)29(30(35)44)49-21(15-37)19(3)39/h19-24,26-31,37-40,42-44,51H,7-18,34-35H2,1-6H3,(H,36,41). The Morgan fingerprint density at radius 3 is 2.08 bits per heavy atom. The maximum absolute atomic E-state index is 11.8. The molecule has 14 unspecified atom stereocenters. The number of carbonyl (C=O) groups is 1. The summed E-state index contributed by atoms with van der Waals surface area (Å²) < 4.78 is 36.0. The molecular weight excluding hydrogens is 694 g/mol. The summed E-state index contributed by atoms with van der Waals surface area (Å²) in [4.78, 5) is 11.8. The number of aliphatic hydroxyl groups is 7. The third kappa shape index (κ3) is 15.1. The molecule has 0 saturated carbocycles. The Labute approximate surface area is 307 Å². The molecule has 14 atom stereocenters. The highest BCUT2D eigenvalue weighted by molar-refractivity contribution is 7.80. The second-order valence-corrected chi connectivity index (χ2v) is 14.0. The van der Waals surface area contributed by atoms with Crippen LogP contribution in [0.4, 0.5) is 0 Å². The third-order valence-corrected chi connectivity index (χ3v) is 9.79. The number of thiol groups is 1. The van der Waals surface area contributed by atoms with E-state index >= 15 is 0 Å². The maximum atomic E-state index is 11.8. The molecule has 1 saturated heterocycles. The fraction of sp³-hybridized carbons (Fsp3) is 0.970. The fourth-order valence-electron chi connectivity index (χ4n) is 5.39. The van der Waals surface area contributed by atoms with E-state index in [1.165, 1.54) is 13.8 Å². The summed E-state index contributed by atoms with van der Waals surface area (Å²) in [7, 11) is 0. The minimum absolute atomic E-state index is 0.0863. The van der Waals surface area contributed by atoms with Gasteiger partial charge in [0.2, 0.25) is 5.91 Å². The van der Waals surface area contributed by atoms with Gasteiger partial charge in [-0.15, -0.1) is 0 Å². The zero-order chi connectivity index (χ0) is 38.9. The van der Waals surface area contributed by atoms with Gasteiger partial charge in [-0.3, -0.25) is 4.79 Å². The van der Waals surface area contributed by atoms with E-state index in [1.54, 1.807) is 27.7 Å². The number of nitrogens with two attached hydrogens (primary N) is 2. The summed E-state index contributed by atoms with van der Waals surface area (Å²) >= 11 is 4.09.